The number of amides is 1. The summed E-state index contributed by atoms with van der Waals surface area (Å²) in [6, 6.07) is 3.92. The van der Waals surface area contributed by atoms with E-state index in [1.54, 1.807) is 6.20 Å². The number of aryl methyl sites for hydroxylation is 1. The standard InChI is InChI=1S/C12H17N3O/c1-9-8-11(4-5-13-9)14-6-7-15-12(16)10-2-3-10/h4-5,8,10H,2-3,6-7H2,1H3,(H,13,14)(H,15,16). The van der Waals surface area contributed by atoms with Gasteiger partial charge in [-0.3, -0.25) is 9.78 Å². The first kappa shape index (κ1) is 10.9. The van der Waals surface area contributed by atoms with Crippen molar-refractivity contribution in [2.75, 3.05) is 18.4 Å². The van der Waals surface area contributed by atoms with E-state index in [0.29, 0.717) is 12.5 Å². The van der Waals surface area contributed by atoms with Gasteiger partial charge in [-0.1, -0.05) is 0 Å². The zero-order valence-corrected chi connectivity index (χ0v) is 9.49. The van der Waals surface area contributed by atoms with Gasteiger partial charge in [0.25, 0.3) is 0 Å². The second kappa shape index (κ2) is 4.96. The molecule has 0 radical (unpaired) electrons. The van der Waals surface area contributed by atoms with E-state index in [4.69, 9.17) is 0 Å². The van der Waals surface area contributed by atoms with Crippen LogP contribution < -0.4 is 10.6 Å². The molecule has 1 aliphatic rings. The summed E-state index contributed by atoms with van der Waals surface area (Å²) in [6.45, 7) is 3.39. The second-order valence-corrected chi connectivity index (χ2v) is 4.18. The fourth-order valence-electron chi connectivity index (χ4n) is 1.54. The van der Waals surface area contributed by atoms with Gasteiger partial charge in [-0.25, -0.2) is 0 Å². The highest BCUT2D eigenvalue weighted by Gasteiger charge is 2.28. The third-order valence-electron chi connectivity index (χ3n) is 2.60. The number of nitrogens with one attached hydrogen (secondary N) is 2. The molecule has 2 N–H and O–H groups in total. The van der Waals surface area contributed by atoms with E-state index in [0.717, 1.165) is 30.8 Å². The molecule has 1 saturated carbocycles. The van der Waals surface area contributed by atoms with Crippen molar-refractivity contribution in [1.29, 1.82) is 0 Å². The predicted molar refractivity (Wildman–Crippen MR) is 63.2 cm³/mol. The van der Waals surface area contributed by atoms with Gasteiger partial charge in [-0.15, -0.1) is 0 Å². The van der Waals surface area contributed by atoms with Gasteiger partial charge in [0.15, 0.2) is 0 Å². The molecule has 0 spiro atoms. The van der Waals surface area contributed by atoms with Crippen LogP contribution in [-0.2, 0) is 4.79 Å². The summed E-state index contributed by atoms with van der Waals surface area (Å²) in [5, 5.41) is 6.16. The number of pyridine rings is 1. The minimum atomic E-state index is 0.202. The summed E-state index contributed by atoms with van der Waals surface area (Å²) in [6.07, 6.45) is 3.89. The Bertz CT molecular complexity index is 374. The van der Waals surface area contributed by atoms with Gasteiger partial charge in [0.1, 0.15) is 0 Å². The summed E-state index contributed by atoms with van der Waals surface area (Å²) in [7, 11) is 0. The van der Waals surface area contributed by atoms with Crippen molar-refractivity contribution in [1.82, 2.24) is 10.3 Å². The molecule has 1 fully saturated rings. The molecule has 0 aromatic carbocycles. The Morgan fingerprint density at radius 1 is 1.50 bits per heavy atom. The van der Waals surface area contributed by atoms with E-state index in [1.807, 2.05) is 19.1 Å². The third kappa shape index (κ3) is 3.22. The Morgan fingerprint density at radius 3 is 3.00 bits per heavy atom. The van der Waals surface area contributed by atoms with Gasteiger partial charge in [0.05, 0.1) is 0 Å². The van der Waals surface area contributed by atoms with Gasteiger partial charge in [-0.2, -0.15) is 0 Å². The first-order valence-electron chi connectivity index (χ1n) is 5.70. The van der Waals surface area contributed by atoms with E-state index in [9.17, 15) is 4.79 Å². The molecule has 0 bridgehead atoms. The van der Waals surface area contributed by atoms with Crippen molar-refractivity contribution in [2.45, 2.75) is 19.8 Å². The Kier molecular flexibility index (Phi) is 3.39. The quantitative estimate of drug-likeness (QED) is 0.734. The molecule has 0 unspecified atom stereocenters. The monoisotopic (exact) mass is 219 g/mol. The van der Waals surface area contributed by atoms with Crippen LogP contribution in [0.5, 0.6) is 0 Å². The Balaban J connectivity index is 1.65. The molecule has 1 aromatic rings. The number of hydrogen-bond donors (Lipinski definition) is 2. The maximum absolute atomic E-state index is 11.3. The number of rotatable bonds is 5. The lowest BCUT2D eigenvalue weighted by molar-refractivity contribution is -0.122. The SMILES string of the molecule is Cc1cc(NCCNC(=O)C2CC2)ccn1. The second-order valence-electron chi connectivity index (χ2n) is 4.18. The minimum Gasteiger partial charge on any atom is -0.383 e. The molecule has 16 heavy (non-hydrogen) atoms. The molecule has 0 aliphatic heterocycles. The molecule has 1 heterocycles. The minimum absolute atomic E-state index is 0.202. The number of aromatic nitrogens is 1. The average Bonchev–Trinajstić information content (AvgIpc) is 3.08. The normalized spacial score (nSPS) is 14.6. The van der Waals surface area contributed by atoms with Crippen LogP contribution in [0, 0.1) is 12.8 Å². The predicted octanol–water partition coefficient (Wildman–Crippen LogP) is 1.33. The van der Waals surface area contributed by atoms with Crippen LogP contribution >= 0.6 is 0 Å². The van der Waals surface area contributed by atoms with Crippen LogP contribution in [0.1, 0.15) is 18.5 Å². The highest BCUT2D eigenvalue weighted by atomic mass is 16.2. The molecule has 0 saturated heterocycles. The zero-order chi connectivity index (χ0) is 11.4. The molecular formula is C12H17N3O. The largest absolute Gasteiger partial charge is 0.383 e. The van der Waals surface area contributed by atoms with Crippen molar-refractivity contribution in [2.24, 2.45) is 5.92 Å². The van der Waals surface area contributed by atoms with Crippen LogP contribution in [0.4, 0.5) is 5.69 Å². The van der Waals surface area contributed by atoms with Gasteiger partial charge < -0.3 is 10.6 Å². The van der Waals surface area contributed by atoms with E-state index in [1.165, 1.54) is 0 Å². The maximum Gasteiger partial charge on any atom is 0.223 e. The Labute approximate surface area is 95.5 Å². The third-order valence-corrected chi connectivity index (χ3v) is 2.60. The van der Waals surface area contributed by atoms with Crippen LogP contribution in [0.25, 0.3) is 0 Å². The summed E-state index contributed by atoms with van der Waals surface area (Å²) in [5.74, 6) is 0.496. The van der Waals surface area contributed by atoms with Crippen LogP contribution in [-0.4, -0.2) is 24.0 Å². The number of anilines is 1. The van der Waals surface area contributed by atoms with E-state index < -0.39 is 0 Å². The molecule has 1 amide bonds. The lowest BCUT2D eigenvalue weighted by Crippen LogP contribution is -2.29. The molecule has 4 nitrogen and oxygen atoms in total. The lowest BCUT2D eigenvalue weighted by atomic mass is 10.3. The number of carbonyl (C=O) groups excluding carboxylic acids is 1. The zero-order valence-electron chi connectivity index (χ0n) is 9.49. The van der Waals surface area contributed by atoms with Crippen molar-refractivity contribution < 1.29 is 4.79 Å². The number of carbonyl (C=O) groups is 1. The number of nitrogens with zero attached hydrogens (tertiary/aromatic N) is 1. The Morgan fingerprint density at radius 2 is 2.31 bits per heavy atom. The van der Waals surface area contributed by atoms with E-state index in [-0.39, 0.29) is 5.91 Å². The maximum atomic E-state index is 11.3. The van der Waals surface area contributed by atoms with Crippen molar-refractivity contribution >= 4 is 11.6 Å². The molecule has 4 heteroatoms. The van der Waals surface area contributed by atoms with Crippen LogP contribution in [0.3, 0.4) is 0 Å². The van der Waals surface area contributed by atoms with Crippen LogP contribution in [0.15, 0.2) is 18.3 Å². The molecular weight excluding hydrogens is 202 g/mol. The molecule has 2 rings (SSSR count). The first-order valence-corrected chi connectivity index (χ1v) is 5.70. The van der Waals surface area contributed by atoms with Gasteiger partial charge in [0, 0.05) is 36.6 Å². The highest BCUT2D eigenvalue weighted by Crippen LogP contribution is 2.28. The molecule has 1 aliphatic carbocycles. The molecule has 1 aromatic heterocycles. The summed E-state index contributed by atoms with van der Waals surface area (Å²) >= 11 is 0. The van der Waals surface area contributed by atoms with E-state index >= 15 is 0 Å². The van der Waals surface area contributed by atoms with Crippen molar-refractivity contribution in [3.8, 4) is 0 Å². The van der Waals surface area contributed by atoms with E-state index in [2.05, 4.69) is 15.6 Å². The van der Waals surface area contributed by atoms with Crippen LogP contribution in [0.2, 0.25) is 0 Å². The molecule has 0 atom stereocenters. The first-order chi connectivity index (χ1) is 7.75. The summed E-state index contributed by atoms with van der Waals surface area (Å²) in [5.41, 5.74) is 2.04. The fraction of sp³-hybridized carbons (Fsp3) is 0.500. The smallest absolute Gasteiger partial charge is 0.223 e. The lowest BCUT2D eigenvalue weighted by Gasteiger charge is -2.07. The topological polar surface area (TPSA) is 54.0 Å². The van der Waals surface area contributed by atoms with Gasteiger partial charge in [-0.05, 0) is 31.9 Å². The average molecular weight is 219 g/mol. The van der Waals surface area contributed by atoms with Gasteiger partial charge in [0.2, 0.25) is 5.91 Å². The highest BCUT2D eigenvalue weighted by molar-refractivity contribution is 5.80. The Hall–Kier alpha value is -1.58. The summed E-state index contributed by atoms with van der Waals surface area (Å²) < 4.78 is 0. The van der Waals surface area contributed by atoms with Gasteiger partial charge >= 0.3 is 0 Å². The van der Waals surface area contributed by atoms with Crippen molar-refractivity contribution in [3.63, 3.8) is 0 Å². The van der Waals surface area contributed by atoms with Crippen molar-refractivity contribution in [3.05, 3.63) is 24.0 Å². The summed E-state index contributed by atoms with van der Waals surface area (Å²) in [4.78, 5) is 15.4. The fourth-order valence-corrected chi connectivity index (χ4v) is 1.54. The number of hydrogen-bond acceptors (Lipinski definition) is 3. The molecule has 86 valence electrons.